The van der Waals surface area contributed by atoms with Gasteiger partial charge < -0.3 is 9.64 Å². The van der Waals surface area contributed by atoms with E-state index in [0.717, 1.165) is 21.3 Å². The standard InChI is InChI=1S/C21H23BrN2O4/c1-21(2,3)20(25)28-13-18-11-15-10-17(24(26)27)8-9-19(15)23(18)12-14-4-6-16(22)7-5-14/h4-10,18H,11-13H2,1-3H3. The molecule has 1 aliphatic heterocycles. The van der Waals surface area contributed by atoms with Crippen LogP contribution in [-0.2, 0) is 22.5 Å². The van der Waals surface area contributed by atoms with Crippen molar-refractivity contribution >= 4 is 33.3 Å². The Bertz CT molecular complexity index is 890. The number of benzene rings is 2. The van der Waals surface area contributed by atoms with Crippen LogP contribution in [0, 0.1) is 15.5 Å². The van der Waals surface area contributed by atoms with Crippen LogP contribution in [0.3, 0.4) is 0 Å². The zero-order valence-electron chi connectivity index (χ0n) is 16.1. The molecule has 2 aromatic rings. The van der Waals surface area contributed by atoms with Gasteiger partial charge in [0.15, 0.2) is 0 Å². The fraction of sp³-hybridized carbons (Fsp3) is 0.381. The number of esters is 1. The minimum Gasteiger partial charge on any atom is -0.463 e. The van der Waals surface area contributed by atoms with Gasteiger partial charge in [-0.1, -0.05) is 28.1 Å². The van der Waals surface area contributed by atoms with Crippen molar-refractivity contribution in [2.24, 2.45) is 5.41 Å². The molecule has 0 saturated heterocycles. The maximum absolute atomic E-state index is 12.2. The molecule has 7 heteroatoms. The van der Waals surface area contributed by atoms with E-state index in [1.54, 1.807) is 12.1 Å². The summed E-state index contributed by atoms with van der Waals surface area (Å²) in [7, 11) is 0. The average Bonchev–Trinajstić information content (AvgIpc) is 2.97. The first-order valence-electron chi connectivity index (χ1n) is 9.11. The molecule has 1 aliphatic rings. The van der Waals surface area contributed by atoms with Gasteiger partial charge in [-0.2, -0.15) is 0 Å². The van der Waals surface area contributed by atoms with Crippen LogP contribution >= 0.6 is 15.9 Å². The third-order valence-corrected chi connectivity index (χ3v) is 5.29. The van der Waals surface area contributed by atoms with Crippen LogP contribution in [0.1, 0.15) is 31.9 Å². The summed E-state index contributed by atoms with van der Waals surface area (Å²) in [6.45, 7) is 6.34. The van der Waals surface area contributed by atoms with E-state index in [2.05, 4.69) is 20.8 Å². The minimum atomic E-state index is -0.569. The number of ether oxygens (including phenoxy) is 1. The van der Waals surface area contributed by atoms with Crippen molar-refractivity contribution in [3.8, 4) is 0 Å². The number of hydrogen-bond donors (Lipinski definition) is 0. The molecule has 0 amide bonds. The van der Waals surface area contributed by atoms with E-state index in [1.807, 2.05) is 45.0 Å². The van der Waals surface area contributed by atoms with Crippen LogP contribution in [0.2, 0.25) is 0 Å². The van der Waals surface area contributed by atoms with Crippen molar-refractivity contribution in [3.63, 3.8) is 0 Å². The number of hydrogen-bond acceptors (Lipinski definition) is 5. The fourth-order valence-corrected chi connectivity index (χ4v) is 3.49. The van der Waals surface area contributed by atoms with Crippen LogP contribution in [-0.4, -0.2) is 23.5 Å². The quantitative estimate of drug-likeness (QED) is 0.371. The normalized spacial score (nSPS) is 16.0. The van der Waals surface area contributed by atoms with Crippen LogP contribution < -0.4 is 4.90 Å². The first-order chi connectivity index (χ1) is 13.1. The van der Waals surface area contributed by atoms with Crippen LogP contribution in [0.15, 0.2) is 46.9 Å². The van der Waals surface area contributed by atoms with Crippen molar-refractivity contribution in [2.75, 3.05) is 11.5 Å². The molecule has 0 N–H and O–H groups in total. The highest BCUT2D eigenvalue weighted by Gasteiger charge is 2.33. The van der Waals surface area contributed by atoms with Gasteiger partial charge in [-0.3, -0.25) is 14.9 Å². The summed E-state index contributed by atoms with van der Waals surface area (Å²) in [5.41, 5.74) is 2.48. The lowest BCUT2D eigenvalue weighted by Crippen LogP contribution is -2.37. The molecule has 0 saturated carbocycles. The van der Waals surface area contributed by atoms with Crippen molar-refractivity contribution in [3.05, 3.63) is 68.2 Å². The molecule has 0 fully saturated rings. The Morgan fingerprint density at radius 3 is 2.54 bits per heavy atom. The number of halogens is 1. The van der Waals surface area contributed by atoms with Crippen LogP contribution in [0.4, 0.5) is 11.4 Å². The molecule has 0 aliphatic carbocycles. The van der Waals surface area contributed by atoms with Gasteiger partial charge in [0.05, 0.1) is 16.4 Å². The predicted octanol–water partition coefficient (Wildman–Crippen LogP) is 4.88. The number of rotatable bonds is 5. The number of nitro benzene ring substituents is 1. The number of carbonyl (C=O) groups is 1. The second-order valence-corrected chi connectivity index (χ2v) is 8.95. The van der Waals surface area contributed by atoms with Crippen molar-refractivity contribution in [2.45, 2.75) is 39.8 Å². The van der Waals surface area contributed by atoms with Gasteiger partial charge in [0.2, 0.25) is 0 Å². The molecule has 1 heterocycles. The molecule has 1 atom stereocenters. The highest BCUT2D eigenvalue weighted by atomic mass is 79.9. The lowest BCUT2D eigenvalue weighted by atomic mass is 9.97. The lowest BCUT2D eigenvalue weighted by molar-refractivity contribution is -0.384. The van der Waals surface area contributed by atoms with E-state index in [-0.39, 0.29) is 29.2 Å². The van der Waals surface area contributed by atoms with Gasteiger partial charge in [-0.05, 0) is 56.5 Å². The van der Waals surface area contributed by atoms with E-state index in [1.165, 1.54) is 6.07 Å². The van der Waals surface area contributed by atoms with Crippen LogP contribution in [0.5, 0.6) is 0 Å². The first-order valence-corrected chi connectivity index (χ1v) is 9.90. The Kier molecular flexibility index (Phi) is 5.74. The van der Waals surface area contributed by atoms with Gasteiger partial charge in [-0.15, -0.1) is 0 Å². The summed E-state index contributed by atoms with van der Waals surface area (Å²) in [6.07, 6.45) is 0.602. The second-order valence-electron chi connectivity index (χ2n) is 8.03. The predicted molar refractivity (Wildman–Crippen MR) is 111 cm³/mol. The Labute approximate surface area is 172 Å². The monoisotopic (exact) mass is 446 g/mol. The average molecular weight is 447 g/mol. The Balaban J connectivity index is 1.85. The van der Waals surface area contributed by atoms with Gasteiger partial charge in [0.25, 0.3) is 5.69 Å². The van der Waals surface area contributed by atoms with Gasteiger partial charge in [0, 0.05) is 28.8 Å². The number of anilines is 1. The summed E-state index contributed by atoms with van der Waals surface area (Å²) in [6, 6.07) is 12.9. The van der Waals surface area contributed by atoms with E-state index in [0.29, 0.717) is 13.0 Å². The SMILES string of the molecule is CC(C)(C)C(=O)OCC1Cc2cc([N+](=O)[O-])ccc2N1Cc1ccc(Br)cc1. The molecule has 0 bridgehead atoms. The van der Waals surface area contributed by atoms with Gasteiger partial charge in [0.1, 0.15) is 6.61 Å². The molecular formula is C21H23BrN2O4. The van der Waals surface area contributed by atoms with Gasteiger partial charge in [-0.25, -0.2) is 0 Å². The summed E-state index contributed by atoms with van der Waals surface area (Å²) in [5.74, 6) is -0.252. The molecule has 2 aromatic carbocycles. The van der Waals surface area contributed by atoms with E-state index in [4.69, 9.17) is 4.74 Å². The van der Waals surface area contributed by atoms with E-state index in [9.17, 15) is 14.9 Å². The number of fused-ring (bicyclic) bond motifs is 1. The Morgan fingerprint density at radius 1 is 1.25 bits per heavy atom. The first kappa shape index (κ1) is 20.3. The molecule has 1 unspecified atom stereocenters. The number of carbonyl (C=O) groups excluding carboxylic acids is 1. The number of nitro groups is 1. The third-order valence-electron chi connectivity index (χ3n) is 4.77. The largest absolute Gasteiger partial charge is 0.463 e. The Morgan fingerprint density at radius 2 is 1.93 bits per heavy atom. The topological polar surface area (TPSA) is 72.7 Å². The maximum atomic E-state index is 12.2. The third kappa shape index (κ3) is 4.52. The molecule has 0 radical (unpaired) electrons. The highest BCUT2D eigenvalue weighted by molar-refractivity contribution is 9.10. The summed E-state index contributed by atoms with van der Waals surface area (Å²) >= 11 is 3.44. The molecule has 28 heavy (non-hydrogen) atoms. The van der Waals surface area contributed by atoms with Crippen molar-refractivity contribution in [1.29, 1.82) is 0 Å². The zero-order chi connectivity index (χ0) is 20.5. The molecule has 0 spiro atoms. The highest BCUT2D eigenvalue weighted by Crippen LogP contribution is 2.36. The second kappa shape index (κ2) is 7.91. The number of nitrogens with zero attached hydrogens (tertiary/aromatic N) is 2. The molecular weight excluding hydrogens is 424 g/mol. The summed E-state index contributed by atoms with van der Waals surface area (Å²) < 4.78 is 6.57. The zero-order valence-corrected chi connectivity index (χ0v) is 17.7. The van der Waals surface area contributed by atoms with Crippen LogP contribution in [0.25, 0.3) is 0 Å². The van der Waals surface area contributed by atoms with Crippen molar-refractivity contribution < 1.29 is 14.5 Å². The van der Waals surface area contributed by atoms with E-state index < -0.39 is 5.41 Å². The van der Waals surface area contributed by atoms with Gasteiger partial charge >= 0.3 is 5.97 Å². The number of non-ortho nitro benzene ring substituents is 1. The fourth-order valence-electron chi connectivity index (χ4n) is 3.23. The summed E-state index contributed by atoms with van der Waals surface area (Å²) in [5, 5.41) is 11.1. The summed E-state index contributed by atoms with van der Waals surface area (Å²) in [4.78, 5) is 25.1. The van der Waals surface area contributed by atoms with Crippen molar-refractivity contribution in [1.82, 2.24) is 0 Å². The molecule has 148 valence electrons. The lowest BCUT2D eigenvalue weighted by Gasteiger charge is -2.28. The molecule has 6 nitrogen and oxygen atoms in total. The molecule has 3 rings (SSSR count). The minimum absolute atomic E-state index is 0.0630. The maximum Gasteiger partial charge on any atom is 0.311 e. The van der Waals surface area contributed by atoms with E-state index >= 15 is 0 Å². The Hall–Kier alpha value is -2.41. The molecule has 0 aromatic heterocycles. The smallest absolute Gasteiger partial charge is 0.311 e.